The van der Waals surface area contributed by atoms with Crippen molar-refractivity contribution in [3.63, 3.8) is 0 Å². The van der Waals surface area contributed by atoms with Crippen LogP contribution in [0.2, 0.25) is 0 Å². The molecule has 2 heterocycles. The highest BCUT2D eigenvalue weighted by molar-refractivity contribution is 5.78. The zero-order valence-corrected chi connectivity index (χ0v) is 11.1. The second-order valence-electron chi connectivity index (χ2n) is 5.64. The molecule has 2 aliphatic heterocycles. The molecule has 0 spiro atoms. The molecule has 3 N–H and O–H groups in total. The highest BCUT2D eigenvalue weighted by Gasteiger charge is 2.25. The molecule has 1 atom stereocenters. The first-order valence-corrected chi connectivity index (χ1v) is 7.05. The number of aliphatic hydroxyl groups excluding tert-OH is 1. The largest absolute Gasteiger partial charge is 0.396 e. The highest BCUT2D eigenvalue weighted by atomic mass is 16.3. The number of carbonyl (C=O) groups is 1. The second kappa shape index (κ2) is 6.50. The summed E-state index contributed by atoms with van der Waals surface area (Å²) >= 11 is 0. The van der Waals surface area contributed by atoms with Crippen LogP contribution in [0.15, 0.2) is 0 Å². The SMILES string of the molecule is NC1CCN(CC(=O)N2CCCC(CO)C2)CC1. The summed E-state index contributed by atoms with van der Waals surface area (Å²) in [5.74, 6) is 0.487. The molecule has 0 aliphatic carbocycles. The van der Waals surface area contributed by atoms with Gasteiger partial charge in [-0.25, -0.2) is 0 Å². The fraction of sp³-hybridized carbons (Fsp3) is 0.923. The average Bonchev–Trinajstić information content (AvgIpc) is 2.41. The molecule has 2 fully saturated rings. The van der Waals surface area contributed by atoms with Crippen molar-refractivity contribution in [2.45, 2.75) is 31.7 Å². The van der Waals surface area contributed by atoms with Crippen molar-refractivity contribution in [3.05, 3.63) is 0 Å². The van der Waals surface area contributed by atoms with Crippen LogP contribution in [0.5, 0.6) is 0 Å². The van der Waals surface area contributed by atoms with Crippen LogP contribution in [-0.4, -0.2) is 66.2 Å². The van der Waals surface area contributed by atoms with E-state index in [9.17, 15) is 9.90 Å². The molecule has 104 valence electrons. The fourth-order valence-corrected chi connectivity index (χ4v) is 2.84. The Kier molecular flexibility index (Phi) is 4.97. The van der Waals surface area contributed by atoms with Gasteiger partial charge in [-0.2, -0.15) is 0 Å². The molecule has 0 saturated carbocycles. The van der Waals surface area contributed by atoms with Crippen LogP contribution in [0, 0.1) is 5.92 Å². The molecule has 0 bridgehead atoms. The third-order valence-electron chi connectivity index (χ3n) is 4.12. The van der Waals surface area contributed by atoms with Gasteiger partial charge >= 0.3 is 0 Å². The van der Waals surface area contributed by atoms with E-state index in [0.717, 1.165) is 51.9 Å². The van der Waals surface area contributed by atoms with Crippen LogP contribution in [0.25, 0.3) is 0 Å². The predicted molar refractivity (Wildman–Crippen MR) is 70.0 cm³/mol. The molecule has 0 aromatic rings. The van der Waals surface area contributed by atoms with Gasteiger partial charge in [-0.1, -0.05) is 0 Å². The maximum Gasteiger partial charge on any atom is 0.236 e. The summed E-state index contributed by atoms with van der Waals surface area (Å²) < 4.78 is 0. The molecule has 0 aromatic heterocycles. The summed E-state index contributed by atoms with van der Waals surface area (Å²) in [5, 5.41) is 9.18. The summed E-state index contributed by atoms with van der Waals surface area (Å²) in [4.78, 5) is 16.3. The van der Waals surface area contributed by atoms with E-state index in [1.807, 2.05) is 4.90 Å². The monoisotopic (exact) mass is 255 g/mol. The minimum absolute atomic E-state index is 0.197. The van der Waals surface area contributed by atoms with Crippen molar-refractivity contribution in [3.8, 4) is 0 Å². The van der Waals surface area contributed by atoms with Gasteiger partial charge in [0.2, 0.25) is 5.91 Å². The molecule has 1 amide bonds. The van der Waals surface area contributed by atoms with Crippen LogP contribution < -0.4 is 5.73 Å². The summed E-state index contributed by atoms with van der Waals surface area (Å²) in [7, 11) is 0. The van der Waals surface area contributed by atoms with Crippen LogP contribution in [0.4, 0.5) is 0 Å². The molecule has 18 heavy (non-hydrogen) atoms. The molecule has 2 saturated heterocycles. The summed E-state index contributed by atoms with van der Waals surface area (Å²) in [6.07, 6.45) is 4.04. The summed E-state index contributed by atoms with van der Waals surface area (Å²) in [6, 6.07) is 0.310. The molecular formula is C13H25N3O2. The third kappa shape index (κ3) is 3.67. The molecule has 2 rings (SSSR count). The summed E-state index contributed by atoms with van der Waals surface area (Å²) in [5.41, 5.74) is 5.86. The predicted octanol–water partition coefficient (Wildman–Crippen LogP) is -0.360. The Hall–Kier alpha value is -0.650. The molecule has 0 radical (unpaired) electrons. The second-order valence-corrected chi connectivity index (χ2v) is 5.64. The van der Waals surface area contributed by atoms with E-state index in [1.54, 1.807) is 0 Å². The number of nitrogens with zero attached hydrogens (tertiary/aromatic N) is 2. The van der Waals surface area contributed by atoms with Crippen molar-refractivity contribution in [2.75, 3.05) is 39.3 Å². The van der Waals surface area contributed by atoms with Crippen molar-refractivity contribution in [1.29, 1.82) is 0 Å². The first-order chi connectivity index (χ1) is 8.69. The van der Waals surface area contributed by atoms with Gasteiger partial charge in [0.25, 0.3) is 0 Å². The van der Waals surface area contributed by atoms with E-state index >= 15 is 0 Å². The Balaban J connectivity index is 1.77. The minimum Gasteiger partial charge on any atom is -0.396 e. The van der Waals surface area contributed by atoms with Crippen LogP contribution in [0.3, 0.4) is 0 Å². The molecule has 0 aromatic carbocycles. The van der Waals surface area contributed by atoms with Gasteiger partial charge in [-0.15, -0.1) is 0 Å². The maximum atomic E-state index is 12.2. The Labute approximate surface area is 109 Å². The molecule has 1 unspecified atom stereocenters. The zero-order valence-electron chi connectivity index (χ0n) is 11.1. The van der Waals surface area contributed by atoms with Crippen molar-refractivity contribution in [1.82, 2.24) is 9.80 Å². The van der Waals surface area contributed by atoms with Gasteiger partial charge in [0.1, 0.15) is 0 Å². The number of aliphatic hydroxyl groups is 1. The molecule has 2 aliphatic rings. The van der Waals surface area contributed by atoms with E-state index in [-0.39, 0.29) is 18.4 Å². The van der Waals surface area contributed by atoms with Gasteiger partial charge in [0.05, 0.1) is 6.54 Å². The maximum absolute atomic E-state index is 12.2. The Morgan fingerprint density at radius 1 is 1.22 bits per heavy atom. The van der Waals surface area contributed by atoms with Gasteiger partial charge in [-0.3, -0.25) is 9.69 Å². The number of carbonyl (C=O) groups excluding carboxylic acids is 1. The number of nitrogens with two attached hydrogens (primary N) is 1. The van der Waals surface area contributed by atoms with E-state index in [4.69, 9.17) is 5.73 Å². The lowest BCUT2D eigenvalue weighted by atomic mass is 9.99. The fourth-order valence-electron chi connectivity index (χ4n) is 2.84. The Bertz CT molecular complexity index is 277. The number of hydrogen-bond donors (Lipinski definition) is 2. The van der Waals surface area contributed by atoms with E-state index in [0.29, 0.717) is 12.6 Å². The van der Waals surface area contributed by atoms with Gasteiger partial charge in [-0.05, 0) is 31.6 Å². The lowest BCUT2D eigenvalue weighted by molar-refractivity contribution is -0.134. The smallest absolute Gasteiger partial charge is 0.236 e. The quantitative estimate of drug-likeness (QED) is 0.722. The number of rotatable bonds is 3. The average molecular weight is 255 g/mol. The summed E-state index contributed by atoms with van der Waals surface area (Å²) in [6.45, 7) is 4.16. The van der Waals surface area contributed by atoms with E-state index in [2.05, 4.69) is 4.90 Å². The molecule has 5 nitrogen and oxygen atoms in total. The Morgan fingerprint density at radius 3 is 2.61 bits per heavy atom. The number of amides is 1. The van der Waals surface area contributed by atoms with Crippen molar-refractivity contribution >= 4 is 5.91 Å². The number of hydrogen-bond acceptors (Lipinski definition) is 4. The van der Waals surface area contributed by atoms with Crippen LogP contribution in [-0.2, 0) is 4.79 Å². The van der Waals surface area contributed by atoms with Crippen LogP contribution in [0.1, 0.15) is 25.7 Å². The highest BCUT2D eigenvalue weighted by Crippen LogP contribution is 2.16. The lowest BCUT2D eigenvalue weighted by Crippen LogP contribution is -2.48. The topological polar surface area (TPSA) is 69.8 Å². The van der Waals surface area contributed by atoms with Gasteiger partial charge in [0.15, 0.2) is 0 Å². The van der Waals surface area contributed by atoms with E-state index < -0.39 is 0 Å². The van der Waals surface area contributed by atoms with Crippen molar-refractivity contribution < 1.29 is 9.90 Å². The first kappa shape index (κ1) is 13.8. The minimum atomic E-state index is 0.197. The number of likely N-dealkylation sites (tertiary alicyclic amines) is 2. The molecular weight excluding hydrogens is 230 g/mol. The van der Waals surface area contributed by atoms with Crippen molar-refractivity contribution in [2.24, 2.45) is 11.7 Å². The third-order valence-corrected chi connectivity index (χ3v) is 4.12. The van der Waals surface area contributed by atoms with E-state index in [1.165, 1.54) is 0 Å². The Morgan fingerprint density at radius 2 is 1.94 bits per heavy atom. The van der Waals surface area contributed by atoms with Gasteiger partial charge in [0, 0.05) is 38.8 Å². The standard InChI is InChI=1S/C13H25N3O2/c14-12-3-6-15(7-4-12)9-13(18)16-5-1-2-11(8-16)10-17/h11-12,17H,1-10,14H2. The first-order valence-electron chi connectivity index (χ1n) is 7.05. The number of piperidine rings is 2. The van der Waals surface area contributed by atoms with Gasteiger partial charge < -0.3 is 15.7 Å². The normalized spacial score (nSPS) is 27.4. The molecule has 5 heteroatoms. The lowest BCUT2D eigenvalue weighted by Gasteiger charge is -2.35. The zero-order chi connectivity index (χ0) is 13.0. The van der Waals surface area contributed by atoms with Crippen LogP contribution >= 0.6 is 0 Å².